The van der Waals surface area contributed by atoms with E-state index in [4.69, 9.17) is 4.74 Å². The number of aryl methyl sites for hydroxylation is 1. The van der Waals surface area contributed by atoms with Crippen molar-refractivity contribution in [2.75, 3.05) is 13.2 Å². The normalized spacial score (nSPS) is 19.8. The molecule has 1 amide bonds. The lowest BCUT2D eigenvalue weighted by Gasteiger charge is -2.25. The van der Waals surface area contributed by atoms with E-state index in [-0.39, 0.29) is 12.0 Å². The van der Waals surface area contributed by atoms with Gasteiger partial charge in [0.1, 0.15) is 0 Å². The third kappa shape index (κ3) is 3.51. The summed E-state index contributed by atoms with van der Waals surface area (Å²) in [5.74, 6) is 0.0560. The topological polar surface area (TPSA) is 47.4 Å². The van der Waals surface area contributed by atoms with E-state index in [1.165, 1.54) is 23.2 Å². The number of ether oxygens (including phenoxy) is 1. The lowest BCUT2D eigenvalue weighted by Crippen LogP contribution is -2.37. The Morgan fingerprint density at radius 2 is 2.28 bits per heavy atom. The van der Waals surface area contributed by atoms with Gasteiger partial charge < -0.3 is 9.64 Å². The minimum Gasteiger partial charge on any atom is -0.376 e. The Labute approximate surface area is 152 Å². The monoisotopic (exact) mass is 359 g/mol. The predicted octanol–water partition coefficient (Wildman–Crippen LogP) is 3.18. The van der Waals surface area contributed by atoms with Gasteiger partial charge in [-0.05, 0) is 60.9 Å². The average Bonchev–Trinajstić information content (AvgIpc) is 3.36. The summed E-state index contributed by atoms with van der Waals surface area (Å²) in [5.41, 5.74) is 4.25. The average molecular weight is 359 g/mol. The Morgan fingerprint density at radius 1 is 1.40 bits per heavy atom. The zero-order valence-electron chi connectivity index (χ0n) is 14.7. The van der Waals surface area contributed by atoms with Crippen LogP contribution in [0, 0.1) is 0 Å². The van der Waals surface area contributed by atoms with Crippen LogP contribution in [-0.4, -0.2) is 39.8 Å². The van der Waals surface area contributed by atoms with Gasteiger partial charge in [-0.1, -0.05) is 0 Å². The summed E-state index contributed by atoms with van der Waals surface area (Å²) in [5, 5.41) is 8.78. The van der Waals surface area contributed by atoms with Crippen LogP contribution < -0.4 is 0 Å². The summed E-state index contributed by atoms with van der Waals surface area (Å²) in [6.07, 6.45) is 6.61. The molecule has 4 rings (SSSR count). The highest BCUT2D eigenvalue weighted by Crippen LogP contribution is 2.26. The van der Waals surface area contributed by atoms with E-state index in [0.717, 1.165) is 38.7 Å². The van der Waals surface area contributed by atoms with Gasteiger partial charge in [0.15, 0.2) is 5.69 Å². The molecule has 5 nitrogen and oxygen atoms in total. The maximum absolute atomic E-state index is 13.3. The van der Waals surface area contributed by atoms with E-state index in [1.54, 1.807) is 11.3 Å². The predicted molar refractivity (Wildman–Crippen MR) is 97.9 cm³/mol. The van der Waals surface area contributed by atoms with Gasteiger partial charge >= 0.3 is 0 Å². The van der Waals surface area contributed by atoms with Gasteiger partial charge in [0.05, 0.1) is 6.10 Å². The second-order valence-electron chi connectivity index (χ2n) is 7.06. The van der Waals surface area contributed by atoms with Crippen molar-refractivity contribution >= 4 is 17.2 Å². The highest BCUT2D eigenvalue weighted by molar-refractivity contribution is 7.07. The fourth-order valence-corrected chi connectivity index (χ4v) is 4.61. The highest BCUT2D eigenvalue weighted by atomic mass is 32.1. The molecule has 1 aliphatic carbocycles. The molecule has 1 unspecified atom stereocenters. The number of nitrogens with zero attached hydrogens (tertiary/aromatic N) is 3. The molecule has 2 aromatic heterocycles. The number of fused-ring (bicyclic) bond motifs is 1. The highest BCUT2D eigenvalue weighted by Gasteiger charge is 2.29. The lowest BCUT2D eigenvalue weighted by molar-refractivity contribution is 0.0501. The number of carbonyl (C=O) groups is 1. The minimum absolute atomic E-state index is 0.0560. The SMILES string of the molecule is Cn1nc(C(=O)N(Cc2ccsc2)CC2CCCO2)c2c1CCCC2. The molecule has 0 spiro atoms. The molecule has 0 radical (unpaired) electrons. The smallest absolute Gasteiger partial charge is 0.275 e. The molecule has 0 aromatic carbocycles. The lowest BCUT2D eigenvalue weighted by atomic mass is 9.95. The van der Waals surface area contributed by atoms with Crippen LogP contribution in [0.2, 0.25) is 0 Å². The minimum atomic E-state index is 0.0560. The number of aromatic nitrogens is 2. The Bertz CT molecular complexity index is 732. The van der Waals surface area contributed by atoms with Crippen LogP contribution in [0.4, 0.5) is 0 Å². The summed E-state index contributed by atoms with van der Waals surface area (Å²) in [4.78, 5) is 15.3. The van der Waals surface area contributed by atoms with Gasteiger partial charge in [-0.15, -0.1) is 0 Å². The quantitative estimate of drug-likeness (QED) is 0.824. The van der Waals surface area contributed by atoms with Gasteiger partial charge in [-0.25, -0.2) is 0 Å². The first-order valence-electron chi connectivity index (χ1n) is 9.19. The molecule has 0 N–H and O–H groups in total. The third-order valence-corrected chi connectivity index (χ3v) is 5.99. The number of hydrogen-bond donors (Lipinski definition) is 0. The fourth-order valence-electron chi connectivity index (χ4n) is 3.95. The van der Waals surface area contributed by atoms with E-state index in [1.807, 2.05) is 16.6 Å². The summed E-state index contributed by atoms with van der Waals surface area (Å²) < 4.78 is 7.70. The van der Waals surface area contributed by atoms with Crippen molar-refractivity contribution in [3.63, 3.8) is 0 Å². The molecule has 1 aliphatic heterocycles. The first-order valence-corrected chi connectivity index (χ1v) is 10.1. The Morgan fingerprint density at radius 3 is 3.04 bits per heavy atom. The van der Waals surface area contributed by atoms with Crippen LogP contribution in [0.5, 0.6) is 0 Å². The van der Waals surface area contributed by atoms with Crippen LogP contribution in [0.1, 0.15) is 53.0 Å². The molecule has 1 fully saturated rings. The van der Waals surface area contributed by atoms with E-state index in [2.05, 4.69) is 21.9 Å². The Balaban J connectivity index is 1.60. The number of thiophene rings is 1. The van der Waals surface area contributed by atoms with Crippen LogP contribution in [0.25, 0.3) is 0 Å². The van der Waals surface area contributed by atoms with Crippen LogP contribution in [-0.2, 0) is 31.2 Å². The molecule has 0 saturated carbocycles. The summed E-state index contributed by atoms with van der Waals surface area (Å²) in [6, 6.07) is 2.09. The first kappa shape index (κ1) is 16.8. The van der Waals surface area contributed by atoms with Gasteiger partial charge in [0.25, 0.3) is 5.91 Å². The van der Waals surface area contributed by atoms with Gasteiger partial charge in [0, 0.05) is 38.0 Å². The molecule has 1 saturated heterocycles. The molecule has 2 aromatic rings. The summed E-state index contributed by atoms with van der Waals surface area (Å²) in [6.45, 7) is 2.09. The second kappa shape index (κ2) is 7.30. The zero-order chi connectivity index (χ0) is 17.2. The second-order valence-corrected chi connectivity index (χ2v) is 7.84. The molecule has 1 atom stereocenters. The van der Waals surface area contributed by atoms with E-state index < -0.39 is 0 Å². The van der Waals surface area contributed by atoms with E-state index >= 15 is 0 Å². The number of hydrogen-bond acceptors (Lipinski definition) is 4. The van der Waals surface area contributed by atoms with Gasteiger partial charge in [0.2, 0.25) is 0 Å². The van der Waals surface area contributed by atoms with E-state index in [9.17, 15) is 4.79 Å². The Hall–Kier alpha value is -1.66. The van der Waals surface area contributed by atoms with Crippen molar-refractivity contribution < 1.29 is 9.53 Å². The van der Waals surface area contributed by atoms with Crippen molar-refractivity contribution in [2.24, 2.45) is 7.05 Å². The van der Waals surface area contributed by atoms with E-state index in [0.29, 0.717) is 18.8 Å². The molecule has 2 aliphatic rings. The summed E-state index contributed by atoms with van der Waals surface area (Å²) >= 11 is 1.67. The number of rotatable bonds is 5. The van der Waals surface area contributed by atoms with Crippen molar-refractivity contribution in [3.05, 3.63) is 39.3 Å². The first-order chi connectivity index (χ1) is 12.2. The van der Waals surface area contributed by atoms with Crippen LogP contribution in [0.15, 0.2) is 16.8 Å². The molecular weight excluding hydrogens is 334 g/mol. The maximum Gasteiger partial charge on any atom is 0.275 e. The molecule has 3 heterocycles. The van der Waals surface area contributed by atoms with Crippen LogP contribution >= 0.6 is 11.3 Å². The standard InChI is InChI=1S/C19H25N3O2S/c1-21-17-7-3-2-6-16(17)18(20-21)19(23)22(11-14-8-10-25-13-14)12-15-5-4-9-24-15/h8,10,13,15H,2-7,9,11-12H2,1H3. The van der Waals surface area contributed by atoms with Crippen molar-refractivity contribution in [2.45, 2.75) is 51.2 Å². The van der Waals surface area contributed by atoms with Gasteiger partial charge in [-0.3, -0.25) is 9.48 Å². The van der Waals surface area contributed by atoms with Crippen molar-refractivity contribution in [1.29, 1.82) is 0 Å². The molecule has 0 bridgehead atoms. The summed E-state index contributed by atoms with van der Waals surface area (Å²) in [7, 11) is 1.96. The third-order valence-electron chi connectivity index (χ3n) is 5.26. The molecule has 6 heteroatoms. The molecule has 25 heavy (non-hydrogen) atoms. The largest absolute Gasteiger partial charge is 0.376 e. The zero-order valence-corrected chi connectivity index (χ0v) is 15.6. The molecular formula is C19H25N3O2S. The molecule has 134 valence electrons. The van der Waals surface area contributed by atoms with Crippen molar-refractivity contribution in [3.8, 4) is 0 Å². The fraction of sp³-hybridized carbons (Fsp3) is 0.579. The van der Waals surface area contributed by atoms with Crippen LogP contribution in [0.3, 0.4) is 0 Å². The number of carbonyl (C=O) groups excluding carboxylic acids is 1. The Kier molecular flexibility index (Phi) is 4.90. The number of amides is 1. The van der Waals surface area contributed by atoms with Gasteiger partial charge in [-0.2, -0.15) is 16.4 Å². The van der Waals surface area contributed by atoms with Crippen molar-refractivity contribution in [1.82, 2.24) is 14.7 Å². The maximum atomic E-state index is 13.3.